The Hall–Kier alpha value is -4.05. The summed E-state index contributed by atoms with van der Waals surface area (Å²) in [5, 5.41) is 5.04. The number of carbonyl (C=O) groups is 1. The number of amides is 1. The highest BCUT2D eigenvalue weighted by atomic mass is 35.5. The molecule has 0 saturated carbocycles. The summed E-state index contributed by atoms with van der Waals surface area (Å²) >= 11 is 6.75. The highest BCUT2D eigenvalue weighted by molar-refractivity contribution is 6.36. The van der Waals surface area contributed by atoms with Crippen molar-refractivity contribution in [1.29, 1.82) is 0 Å². The van der Waals surface area contributed by atoms with Crippen LogP contribution in [0.4, 0.5) is 11.5 Å². The third-order valence-electron chi connectivity index (χ3n) is 6.98. The lowest BCUT2D eigenvalue weighted by atomic mass is 10.00. The van der Waals surface area contributed by atoms with Gasteiger partial charge in [0.1, 0.15) is 11.8 Å². The van der Waals surface area contributed by atoms with Gasteiger partial charge in [-0.25, -0.2) is 15.0 Å². The first-order valence-electron chi connectivity index (χ1n) is 12.3. The monoisotopic (exact) mass is 515 g/mol. The number of carbonyl (C=O) groups excluding carboxylic acids is 1. The normalized spacial score (nSPS) is 18.5. The van der Waals surface area contributed by atoms with E-state index >= 15 is 0 Å². The number of piperazine rings is 1. The molecule has 0 radical (unpaired) electrons. The third kappa shape index (κ3) is 4.37. The van der Waals surface area contributed by atoms with Crippen LogP contribution in [0.25, 0.3) is 22.1 Å². The molecular weight excluding hydrogens is 490 g/mol. The molecule has 0 bridgehead atoms. The summed E-state index contributed by atoms with van der Waals surface area (Å²) in [6, 6.07) is 5.74. The van der Waals surface area contributed by atoms with Gasteiger partial charge in [0.05, 0.1) is 34.5 Å². The van der Waals surface area contributed by atoms with Crippen LogP contribution < -0.4 is 10.2 Å². The molecule has 11 heteroatoms. The molecule has 2 aliphatic heterocycles. The van der Waals surface area contributed by atoms with Crippen molar-refractivity contribution in [3.05, 3.63) is 59.9 Å². The molecule has 2 aliphatic rings. The largest absolute Gasteiger partial charge is 0.366 e. The lowest BCUT2D eigenvalue weighted by molar-refractivity contribution is -0.134. The maximum Gasteiger partial charge on any atom is 0.230 e. The van der Waals surface area contributed by atoms with Gasteiger partial charge in [0, 0.05) is 55.7 Å². The Bertz CT molecular complexity index is 1520. The summed E-state index contributed by atoms with van der Waals surface area (Å²) in [5.41, 5.74) is 4.21. The number of halogens is 1. The number of hydrogen-bond acceptors (Lipinski definition) is 8. The Balaban J connectivity index is 1.31. The van der Waals surface area contributed by atoms with E-state index in [4.69, 9.17) is 16.6 Å². The average Bonchev–Trinajstić information content (AvgIpc) is 3.43. The van der Waals surface area contributed by atoms with E-state index in [1.807, 2.05) is 29.2 Å². The standard InChI is InChI=1S/C26H26ClN9O/c1-16(34-25-22-24(31-14-30-22)32-15-33-25)19-13-20(27)18-3-2-6-29-21(18)23(19)35-9-11-36(12-10-35)26(37)17-4-7-28-8-5-17/h2-4,6-8,13-17H,5,9-12H2,1H3,(H2,30,31,32,33,34). The Morgan fingerprint density at radius 1 is 1.16 bits per heavy atom. The van der Waals surface area contributed by atoms with E-state index in [-0.39, 0.29) is 17.9 Å². The quantitative estimate of drug-likeness (QED) is 0.413. The molecule has 4 aromatic rings. The summed E-state index contributed by atoms with van der Waals surface area (Å²) in [7, 11) is 0. The predicted octanol–water partition coefficient (Wildman–Crippen LogP) is 3.98. The molecule has 5 heterocycles. The summed E-state index contributed by atoms with van der Waals surface area (Å²) in [5.74, 6) is 0.665. The molecule has 3 aromatic heterocycles. The van der Waals surface area contributed by atoms with Crippen molar-refractivity contribution in [2.45, 2.75) is 19.4 Å². The minimum atomic E-state index is -0.153. The minimum Gasteiger partial charge on any atom is -0.366 e. The number of aliphatic imine (C=N–C) groups is 1. The Morgan fingerprint density at radius 2 is 2.03 bits per heavy atom. The van der Waals surface area contributed by atoms with Crippen LogP contribution in [-0.4, -0.2) is 68.1 Å². The first kappa shape index (κ1) is 23.4. The van der Waals surface area contributed by atoms with E-state index in [2.05, 4.69) is 42.1 Å². The molecule has 1 saturated heterocycles. The number of benzene rings is 1. The zero-order chi connectivity index (χ0) is 25.4. The van der Waals surface area contributed by atoms with Gasteiger partial charge in [-0.3, -0.25) is 14.8 Å². The van der Waals surface area contributed by atoms with Crippen molar-refractivity contribution in [2.24, 2.45) is 10.9 Å². The van der Waals surface area contributed by atoms with Crippen LogP contribution in [0.5, 0.6) is 0 Å². The molecule has 2 unspecified atom stereocenters. The van der Waals surface area contributed by atoms with E-state index in [1.54, 1.807) is 24.9 Å². The van der Waals surface area contributed by atoms with Gasteiger partial charge in [-0.1, -0.05) is 17.7 Å². The highest BCUT2D eigenvalue weighted by Crippen LogP contribution is 2.39. The summed E-state index contributed by atoms with van der Waals surface area (Å²) in [6.07, 6.45) is 11.0. The molecule has 1 fully saturated rings. The van der Waals surface area contributed by atoms with E-state index in [0.717, 1.165) is 22.2 Å². The summed E-state index contributed by atoms with van der Waals surface area (Å²) in [6.45, 7) is 4.73. The van der Waals surface area contributed by atoms with Crippen molar-refractivity contribution in [3.63, 3.8) is 0 Å². The predicted molar refractivity (Wildman–Crippen MR) is 145 cm³/mol. The van der Waals surface area contributed by atoms with E-state index < -0.39 is 0 Å². The molecule has 2 atom stereocenters. The topological polar surface area (TPSA) is 115 Å². The molecule has 0 aliphatic carbocycles. The molecular formula is C26H26ClN9O. The lowest BCUT2D eigenvalue weighted by Crippen LogP contribution is -2.50. The number of fused-ring (bicyclic) bond motifs is 2. The van der Waals surface area contributed by atoms with Crippen LogP contribution in [-0.2, 0) is 4.79 Å². The molecule has 6 rings (SSSR count). The molecule has 2 N–H and O–H groups in total. The number of imidazole rings is 1. The second-order valence-corrected chi connectivity index (χ2v) is 9.62. The van der Waals surface area contributed by atoms with Crippen molar-refractivity contribution in [1.82, 2.24) is 29.8 Å². The number of nitrogens with one attached hydrogen (secondary N) is 2. The van der Waals surface area contributed by atoms with Crippen LogP contribution in [0.3, 0.4) is 0 Å². The second-order valence-electron chi connectivity index (χ2n) is 9.21. The summed E-state index contributed by atoms with van der Waals surface area (Å²) in [4.78, 5) is 42.2. The van der Waals surface area contributed by atoms with Gasteiger partial charge < -0.3 is 20.1 Å². The van der Waals surface area contributed by atoms with Crippen LogP contribution in [0, 0.1) is 5.92 Å². The van der Waals surface area contributed by atoms with Crippen LogP contribution in [0.2, 0.25) is 5.02 Å². The van der Waals surface area contributed by atoms with Gasteiger partial charge in [0.25, 0.3) is 0 Å². The van der Waals surface area contributed by atoms with Crippen LogP contribution in [0.1, 0.15) is 24.9 Å². The van der Waals surface area contributed by atoms with E-state index in [0.29, 0.717) is 54.6 Å². The maximum absolute atomic E-state index is 13.1. The molecule has 10 nitrogen and oxygen atoms in total. The van der Waals surface area contributed by atoms with Gasteiger partial charge in [-0.05, 0) is 31.5 Å². The fourth-order valence-corrected chi connectivity index (χ4v) is 5.33. The first-order chi connectivity index (χ1) is 18.1. The fraction of sp³-hybridized carbons (Fsp3) is 0.308. The lowest BCUT2D eigenvalue weighted by Gasteiger charge is -2.39. The number of aromatic nitrogens is 5. The van der Waals surface area contributed by atoms with Gasteiger partial charge in [-0.15, -0.1) is 0 Å². The van der Waals surface area contributed by atoms with Crippen LogP contribution >= 0.6 is 11.6 Å². The number of aromatic amines is 1. The Kier molecular flexibility index (Phi) is 6.17. The maximum atomic E-state index is 13.1. The van der Waals surface area contributed by atoms with E-state index in [9.17, 15) is 4.79 Å². The number of rotatable bonds is 5. The van der Waals surface area contributed by atoms with Crippen molar-refractivity contribution in [2.75, 3.05) is 36.4 Å². The van der Waals surface area contributed by atoms with Crippen molar-refractivity contribution in [3.8, 4) is 0 Å². The smallest absolute Gasteiger partial charge is 0.230 e. The highest BCUT2D eigenvalue weighted by Gasteiger charge is 2.29. The summed E-state index contributed by atoms with van der Waals surface area (Å²) < 4.78 is 0. The second kappa shape index (κ2) is 9.78. The first-order valence-corrected chi connectivity index (χ1v) is 12.7. The molecule has 1 amide bonds. The van der Waals surface area contributed by atoms with Crippen molar-refractivity contribution >= 4 is 57.3 Å². The van der Waals surface area contributed by atoms with Gasteiger partial charge in [0.2, 0.25) is 5.91 Å². The third-order valence-corrected chi connectivity index (χ3v) is 7.29. The zero-order valence-corrected chi connectivity index (χ0v) is 21.1. The van der Waals surface area contributed by atoms with Crippen LogP contribution in [0.15, 0.2) is 54.3 Å². The van der Waals surface area contributed by atoms with Crippen molar-refractivity contribution < 1.29 is 4.79 Å². The van der Waals surface area contributed by atoms with Gasteiger partial charge in [0.15, 0.2) is 11.5 Å². The number of hydrogen-bond donors (Lipinski definition) is 2. The molecule has 37 heavy (non-hydrogen) atoms. The fourth-order valence-electron chi connectivity index (χ4n) is 5.06. The number of anilines is 2. The zero-order valence-electron chi connectivity index (χ0n) is 20.3. The molecule has 188 valence electrons. The average molecular weight is 516 g/mol. The van der Waals surface area contributed by atoms with Gasteiger partial charge >= 0.3 is 0 Å². The SMILES string of the molecule is CC(Nc1ncnc2[nH]cnc12)c1cc(Cl)c2cccnc2c1N1CCN(C(=O)C2C=CN=CC2)CC1. The Morgan fingerprint density at radius 3 is 2.84 bits per heavy atom. The number of nitrogens with zero attached hydrogens (tertiary/aromatic N) is 7. The minimum absolute atomic E-state index is 0.131. The Labute approximate surface area is 218 Å². The molecule has 0 spiro atoms. The van der Waals surface area contributed by atoms with Gasteiger partial charge in [-0.2, -0.15) is 0 Å². The van der Waals surface area contributed by atoms with E-state index in [1.165, 1.54) is 6.33 Å². The number of H-pyrrole nitrogens is 1. The number of pyridine rings is 1. The molecule has 1 aromatic carbocycles.